The van der Waals surface area contributed by atoms with Crippen LogP contribution in [0.3, 0.4) is 0 Å². The maximum atomic E-state index is 14.0. The number of hydrogen-bond acceptors (Lipinski definition) is 7. The van der Waals surface area contributed by atoms with E-state index in [1.165, 1.54) is 20.1 Å². The molecule has 0 spiro atoms. The van der Waals surface area contributed by atoms with Gasteiger partial charge in [-0.05, 0) is 44.6 Å². The Morgan fingerprint density at radius 2 is 1.77 bits per heavy atom. The van der Waals surface area contributed by atoms with Gasteiger partial charge < -0.3 is 18.9 Å². The van der Waals surface area contributed by atoms with E-state index in [9.17, 15) is 23.2 Å². The highest BCUT2D eigenvalue weighted by atomic mass is 19.1. The van der Waals surface area contributed by atoms with Crippen molar-refractivity contribution >= 4 is 17.7 Å². The molecule has 5 atom stereocenters. The second-order valence-corrected chi connectivity index (χ2v) is 11.0. The molecule has 1 saturated carbocycles. The predicted octanol–water partition coefficient (Wildman–Crippen LogP) is 6.22. The highest BCUT2D eigenvalue weighted by molar-refractivity contribution is 5.95. The first kappa shape index (κ1) is 33.3. The third-order valence-electron chi connectivity index (χ3n) is 8.06. The van der Waals surface area contributed by atoms with Crippen molar-refractivity contribution in [1.29, 1.82) is 0 Å². The molecule has 1 unspecified atom stereocenters. The highest BCUT2D eigenvalue weighted by Gasteiger charge is 2.46. The van der Waals surface area contributed by atoms with E-state index in [1.54, 1.807) is 6.08 Å². The first-order chi connectivity index (χ1) is 18.8. The summed E-state index contributed by atoms with van der Waals surface area (Å²) in [5.41, 5.74) is -1.65. The summed E-state index contributed by atoms with van der Waals surface area (Å²) in [4.78, 5) is 36.4. The van der Waals surface area contributed by atoms with Gasteiger partial charge in [0.15, 0.2) is 12.1 Å². The van der Waals surface area contributed by atoms with Crippen molar-refractivity contribution in [3.63, 3.8) is 0 Å². The smallest absolute Gasteiger partial charge is 0.305 e. The van der Waals surface area contributed by atoms with Crippen LogP contribution in [-0.2, 0) is 33.3 Å². The number of halogens is 2. The number of allylic oxidation sites excluding steroid dienone is 1. The van der Waals surface area contributed by atoms with Crippen molar-refractivity contribution in [2.24, 2.45) is 17.3 Å². The molecule has 0 aromatic carbocycles. The van der Waals surface area contributed by atoms with Gasteiger partial charge in [0.05, 0.1) is 18.6 Å². The fourth-order valence-electron chi connectivity index (χ4n) is 5.66. The average molecular weight is 559 g/mol. The molecular weight excluding hydrogens is 510 g/mol. The maximum Gasteiger partial charge on any atom is 0.305 e. The zero-order valence-electron chi connectivity index (χ0n) is 24.0. The fourth-order valence-corrected chi connectivity index (χ4v) is 5.66. The number of methoxy groups -OCH3 is 1. The predicted molar refractivity (Wildman–Crippen MR) is 143 cm³/mol. The van der Waals surface area contributed by atoms with Gasteiger partial charge in [0.2, 0.25) is 0 Å². The Bertz CT molecular complexity index is 777. The van der Waals surface area contributed by atoms with Crippen molar-refractivity contribution in [2.75, 3.05) is 27.1 Å². The van der Waals surface area contributed by atoms with Crippen LogP contribution in [-0.4, -0.2) is 63.3 Å². The van der Waals surface area contributed by atoms with E-state index in [0.29, 0.717) is 25.9 Å². The van der Waals surface area contributed by atoms with E-state index < -0.39 is 30.7 Å². The monoisotopic (exact) mass is 558 g/mol. The van der Waals surface area contributed by atoms with Crippen molar-refractivity contribution in [1.82, 2.24) is 0 Å². The van der Waals surface area contributed by atoms with Crippen LogP contribution in [0.4, 0.5) is 8.78 Å². The van der Waals surface area contributed by atoms with Gasteiger partial charge in [-0.1, -0.05) is 45.1 Å². The number of hydrogen-bond donors (Lipinski definition) is 0. The molecule has 0 N–H and O–H groups in total. The average Bonchev–Trinajstić information content (AvgIpc) is 3.24. The molecule has 0 amide bonds. The standard InChI is InChI=1S/C30H48F2O7/c1-4-5-17-30(20-31,21-32)27(34)16-15-24-23(12-8-6-7-9-13-28(35)36-3)25(38-22(2)33)19-26(24)39-29-14-10-11-18-37-29/h15-16,23-26,29H,4-14,17-21H2,1-3H3/t23-,24+,25-,26-,29?/m1/s1. The number of ether oxygens (including phenoxy) is 4. The minimum atomic E-state index is -1.65. The molecule has 2 aliphatic rings. The summed E-state index contributed by atoms with van der Waals surface area (Å²) in [7, 11) is 1.38. The van der Waals surface area contributed by atoms with Crippen LogP contribution in [0.15, 0.2) is 12.2 Å². The fraction of sp³-hybridized carbons (Fsp3) is 0.833. The molecule has 2 fully saturated rings. The quantitative estimate of drug-likeness (QED) is 0.112. The summed E-state index contributed by atoms with van der Waals surface area (Å²) in [6.07, 6.45) is 11.0. The normalized spacial score (nSPS) is 25.6. The third kappa shape index (κ3) is 10.6. The molecule has 1 aliphatic heterocycles. The number of alkyl halides is 2. The van der Waals surface area contributed by atoms with Gasteiger partial charge in [-0.25, -0.2) is 8.78 Å². The summed E-state index contributed by atoms with van der Waals surface area (Å²) in [6, 6.07) is 0. The number of carbonyl (C=O) groups is 3. The molecular formula is C30H48F2O7. The number of rotatable bonds is 18. The lowest BCUT2D eigenvalue weighted by molar-refractivity contribution is -0.193. The van der Waals surface area contributed by atoms with Crippen molar-refractivity contribution < 1.29 is 42.1 Å². The van der Waals surface area contributed by atoms with Gasteiger partial charge >= 0.3 is 11.9 Å². The zero-order valence-corrected chi connectivity index (χ0v) is 24.0. The third-order valence-corrected chi connectivity index (χ3v) is 8.06. The summed E-state index contributed by atoms with van der Waals surface area (Å²) in [6.45, 7) is 1.83. The van der Waals surface area contributed by atoms with Gasteiger partial charge in [-0.15, -0.1) is 0 Å². The maximum absolute atomic E-state index is 14.0. The lowest BCUT2D eigenvalue weighted by Crippen LogP contribution is -2.35. The van der Waals surface area contributed by atoms with E-state index in [-0.39, 0.29) is 42.6 Å². The molecule has 9 heteroatoms. The topological polar surface area (TPSA) is 88.1 Å². The van der Waals surface area contributed by atoms with Crippen LogP contribution in [0.2, 0.25) is 0 Å². The van der Waals surface area contributed by atoms with Gasteiger partial charge in [0, 0.05) is 38.2 Å². The SMILES string of the molecule is CCCCC(CF)(CF)C(=O)C=C[C@H]1[C@@H](CCCCCCC(=O)OC)[C@H](OC(C)=O)C[C@H]1OC1CCCCO1. The number of esters is 2. The Balaban J connectivity index is 2.20. The molecule has 2 rings (SSSR count). The molecule has 224 valence electrons. The van der Waals surface area contributed by atoms with Crippen molar-refractivity contribution in [3.8, 4) is 0 Å². The molecule has 0 aromatic heterocycles. The van der Waals surface area contributed by atoms with E-state index in [0.717, 1.165) is 57.8 Å². The van der Waals surface area contributed by atoms with Crippen LogP contribution >= 0.6 is 0 Å². The first-order valence-electron chi connectivity index (χ1n) is 14.7. The molecule has 1 heterocycles. The van der Waals surface area contributed by atoms with Crippen LogP contribution in [0.25, 0.3) is 0 Å². The minimum Gasteiger partial charge on any atom is -0.469 e. The molecule has 1 aliphatic carbocycles. The molecule has 7 nitrogen and oxygen atoms in total. The second-order valence-electron chi connectivity index (χ2n) is 11.0. The summed E-state index contributed by atoms with van der Waals surface area (Å²) in [5, 5.41) is 0. The van der Waals surface area contributed by atoms with Gasteiger partial charge in [-0.2, -0.15) is 0 Å². The summed E-state index contributed by atoms with van der Waals surface area (Å²) in [5.74, 6) is -1.55. The number of carbonyl (C=O) groups excluding carboxylic acids is 3. The van der Waals surface area contributed by atoms with Crippen LogP contribution in [0.5, 0.6) is 0 Å². The van der Waals surface area contributed by atoms with Gasteiger partial charge in [-0.3, -0.25) is 14.4 Å². The molecule has 0 bridgehead atoms. The highest BCUT2D eigenvalue weighted by Crippen LogP contribution is 2.42. The Hall–Kier alpha value is -1.87. The lowest BCUT2D eigenvalue weighted by atomic mass is 9.80. The van der Waals surface area contributed by atoms with Gasteiger partial charge in [0.1, 0.15) is 19.5 Å². The second kappa shape index (κ2) is 17.7. The van der Waals surface area contributed by atoms with E-state index in [2.05, 4.69) is 0 Å². The van der Waals surface area contributed by atoms with E-state index >= 15 is 0 Å². The Kier molecular flexibility index (Phi) is 15.2. The first-order valence-corrected chi connectivity index (χ1v) is 14.7. The summed E-state index contributed by atoms with van der Waals surface area (Å²) >= 11 is 0. The van der Waals surface area contributed by atoms with Gasteiger partial charge in [0.25, 0.3) is 0 Å². The van der Waals surface area contributed by atoms with Crippen molar-refractivity contribution in [2.45, 2.75) is 116 Å². The molecule has 39 heavy (non-hydrogen) atoms. The minimum absolute atomic E-state index is 0.118. The van der Waals surface area contributed by atoms with Crippen LogP contribution < -0.4 is 0 Å². The molecule has 1 saturated heterocycles. The molecule has 0 aromatic rings. The molecule has 0 radical (unpaired) electrons. The van der Waals surface area contributed by atoms with E-state index in [4.69, 9.17) is 18.9 Å². The Morgan fingerprint density at radius 3 is 2.38 bits per heavy atom. The van der Waals surface area contributed by atoms with E-state index in [1.807, 2.05) is 6.92 Å². The largest absolute Gasteiger partial charge is 0.469 e. The number of ketones is 1. The zero-order chi connectivity index (χ0) is 28.7. The van der Waals surface area contributed by atoms with Crippen LogP contribution in [0.1, 0.15) is 97.3 Å². The number of unbranched alkanes of at least 4 members (excludes halogenated alkanes) is 4. The Morgan fingerprint density at radius 1 is 1.03 bits per heavy atom. The Labute approximate surface area is 232 Å². The van der Waals surface area contributed by atoms with Crippen molar-refractivity contribution in [3.05, 3.63) is 12.2 Å². The van der Waals surface area contributed by atoms with Crippen LogP contribution in [0, 0.1) is 17.3 Å². The summed E-state index contributed by atoms with van der Waals surface area (Å²) < 4.78 is 50.5. The lowest BCUT2D eigenvalue weighted by Gasteiger charge is -2.29.